The van der Waals surface area contributed by atoms with Crippen molar-refractivity contribution in [2.24, 2.45) is 11.7 Å². The molecule has 0 aliphatic heterocycles. The highest BCUT2D eigenvalue weighted by atomic mass is 35.5. The molecule has 1 aromatic carbocycles. The molecule has 1 aliphatic carbocycles. The molecular weight excluding hydrogens is 334 g/mol. The number of ether oxygens (including phenoxy) is 1. The minimum atomic E-state index is -0.530. The van der Waals surface area contributed by atoms with Gasteiger partial charge >= 0.3 is 0 Å². The predicted octanol–water partition coefficient (Wildman–Crippen LogP) is 2.66. The average Bonchev–Trinajstić information content (AvgIpc) is 2.59. The van der Waals surface area contributed by atoms with Gasteiger partial charge in [0.1, 0.15) is 5.75 Å². The van der Waals surface area contributed by atoms with E-state index in [0.717, 1.165) is 25.7 Å². The van der Waals surface area contributed by atoms with Crippen LogP contribution < -0.4 is 15.8 Å². The Balaban J connectivity index is 0.00000288. The number of rotatable bonds is 6. The van der Waals surface area contributed by atoms with E-state index in [1.165, 1.54) is 31.7 Å². The second-order valence-corrected chi connectivity index (χ2v) is 5.86. The number of nitro groups is 1. The van der Waals surface area contributed by atoms with Gasteiger partial charge in [0.05, 0.1) is 17.6 Å². The van der Waals surface area contributed by atoms with E-state index >= 15 is 0 Å². The fourth-order valence-electron chi connectivity index (χ4n) is 3.14. The first kappa shape index (κ1) is 20.2. The zero-order valence-corrected chi connectivity index (χ0v) is 14.5. The average molecular weight is 358 g/mol. The van der Waals surface area contributed by atoms with Crippen LogP contribution in [-0.2, 0) is 0 Å². The predicted molar refractivity (Wildman–Crippen MR) is 93.8 cm³/mol. The second kappa shape index (κ2) is 9.44. The molecule has 1 amide bonds. The van der Waals surface area contributed by atoms with Crippen LogP contribution in [0.1, 0.15) is 42.5 Å². The molecule has 1 aromatic rings. The van der Waals surface area contributed by atoms with Gasteiger partial charge in [-0.2, -0.15) is 0 Å². The largest absolute Gasteiger partial charge is 0.496 e. The molecule has 1 saturated carbocycles. The van der Waals surface area contributed by atoms with Gasteiger partial charge in [-0.15, -0.1) is 12.4 Å². The van der Waals surface area contributed by atoms with Crippen LogP contribution in [0.25, 0.3) is 0 Å². The summed E-state index contributed by atoms with van der Waals surface area (Å²) in [6.45, 7) is 0.355. The van der Waals surface area contributed by atoms with Gasteiger partial charge in [-0.3, -0.25) is 14.9 Å². The van der Waals surface area contributed by atoms with Gasteiger partial charge in [0, 0.05) is 24.7 Å². The summed E-state index contributed by atoms with van der Waals surface area (Å²) in [7, 11) is 1.43. The van der Waals surface area contributed by atoms with Gasteiger partial charge < -0.3 is 15.8 Å². The number of non-ortho nitro benzene ring substituents is 1. The molecule has 1 aliphatic rings. The van der Waals surface area contributed by atoms with Crippen LogP contribution in [0.4, 0.5) is 5.69 Å². The van der Waals surface area contributed by atoms with E-state index in [4.69, 9.17) is 10.5 Å². The number of amides is 1. The van der Waals surface area contributed by atoms with Crippen molar-refractivity contribution in [1.29, 1.82) is 0 Å². The molecule has 0 radical (unpaired) electrons. The summed E-state index contributed by atoms with van der Waals surface area (Å²) in [5.41, 5.74) is 5.85. The van der Waals surface area contributed by atoms with E-state index in [2.05, 4.69) is 5.32 Å². The number of hydrogen-bond acceptors (Lipinski definition) is 5. The lowest BCUT2D eigenvalue weighted by molar-refractivity contribution is -0.384. The van der Waals surface area contributed by atoms with Crippen molar-refractivity contribution in [3.05, 3.63) is 33.9 Å². The summed E-state index contributed by atoms with van der Waals surface area (Å²) in [6.07, 6.45) is 5.62. The molecule has 7 nitrogen and oxygen atoms in total. The van der Waals surface area contributed by atoms with Crippen LogP contribution in [0, 0.1) is 16.0 Å². The normalized spacial score (nSPS) is 15.9. The fourth-order valence-corrected chi connectivity index (χ4v) is 3.14. The van der Waals surface area contributed by atoms with Crippen LogP contribution in [0.2, 0.25) is 0 Å². The summed E-state index contributed by atoms with van der Waals surface area (Å²) >= 11 is 0. The van der Waals surface area contributed by atoms with E-state index in [1.54, 1.807) is 0 Å². The van der Waals surface area contributed by atoms with Crippen molar-refractivity contribution >= 4 is 24.0 Å². The molecule has 24 heavy (non-hydrogen) atoms. The van der Waals surface area contributed by atoms with Crippen molar-refractivity contribution in [2.45, 2.75) is 38.1 Å². The smallest absolute Gasteiger partial charge is 0.270 e. The first-order valence-corrected chi connectivity index (χ1v) is 7.90. The molecule has 1 unspecified atom stereocenters. The van der Waals surface area contributed by atoms with Crippen LogP contribution in [-0.4, -0.2) is 30.5 Å². The Morgan fingerprint density at radius 3 is 2.62 bits per heavy atom. The molecule has 0 aromatic heterocycles. The Hall–Kier alpha value is -1.86. The molecule has 134 valence electrons. The van der Waals surface area contributed by atoms with Crippen LogP contribution in [0.5, 0.6) is 5.75 Å². The molecule has 0 bridgehead atoms. The number of carbonyl (C=O) groups excluding carboxylic acids is 1. The number of nitro benzene ring substituents is 1. The van der Waals surface area contributed by atoms with Crippen molar-refractivity contribution < 1.29 is 14.5 Å². The SMILES string of the molecule is COc1ccc([N+](=O)[O-])cc1C(=O)NC(CN)C1CCCCC1.Cl. The molecule has 1 atom stereocenters. The van der Waals surface area contributed by atoms with Crippen LogP contribution in [0.3, 0.4) is 0 Å². The highest BCUT2D eigenvalue weighted by Gasteiger charge is 2.26. The maximum absolute atomic E-state index is 12.5. The Morgan fingerprint density at radius 1 is 1.42 bits per heavy atom. The quantitative estimate of drug-likeness (QED) is 0.601. The Labute approximate surface area is 147 Å². The van der Waals surface area contributed by atoms with Gasteiger partial charge in [-0.25, -0.2) is 0 Å². The second-order valence-electron chi connectivity index (χ2n) is 5.86. The van der Waals surface area contributed by atoms with Crippen molar-refractivity contribution in [1.82, 2.24) is 5.32 Å². The van der Waals surface area contributed by atoms with Gasteiger partial charge in [0.15, 0.2) is 0 Å². The fraction of sp³-hybridized carbons (Fsp3) is 0.562. The van der Waals surface area contributed by atoms with Gasteiger partial charge in [0.2, 0.25) is 0 Å². The Morgan fingerprint density at radius 2 is 2.08 bits per heavy atom. The molecule has 1 fully saturated rings. The number of methoxy groups -OCH3 is 1. The molecule has 2 rings (SSSR count). The molecule has 8 heteroatoms. The molecular formula is C16H24ClN3O4. The van der Waals surface area contributed by atoms with E-state index in [9.17, 15) is 14.9 Å². The summed E-state index contributed by atoms with van der Waals surface area (Å²) < 4.78 is 5.15. The van der Waals surface area contributed by atoms with Crippen molar-refractivity contribution in [3.8, 4) is 5.75 Å². The topological polar surface area (TPSA) is 107 Å². The molecule has 3 N–H and O–H groups in total. The lowest BCUT2D eigenvalue weighted by Crippen LogP contribution is -2.46. The monoisotopic (exact) mass is 357 g/mol. The number of carbonyl (C=O) groups is 1. The van der Waals surface area contributed by atoms with E-state index in [1.807, 2.05) is 0 Å². The van der Waals surface area contributed by atoms with E-state index < -0.39 is 4.92 Å². The highest BCUT2D eigenvalue weighted by molar-refractivity contribution is 5.97. The number of nitrogens with two attached hydrogens (primary N) is 1. The Kier molecular flexibility index (Phi) is 7.94. The molecule has 0 saturated heterocycles. The van der Waals surface area contributed by atoms with Gasteiger partial charge in [-0.1, -0.05) is 19.3 Å². The van der Waals surface area contributed by atoms with Gasteiger partial charge in [0.25, 0.3) is 11.6 Å². The minimum Gasteiger partial charge on any atom is -0.496 e. The number of halogens is 1. The summed E-state index contributed by atoms with van der Waals surface area (Å²) in [5.74, 6) is 0.293. The van der Waals surface area contributed by atoms with Gasteiger partial charge in [-0.05, 0) is 24.8 Å². The van der Waals surface area contributed by atoms with E-state index in [-0.39, 0.29) is 35.6 Å². The summed E-state index contributed by atoms with van der Waals surface area (Å²) in [6, 6.07) is 3.87. The number of nitrogens with zero attached hydrogens (tertiary/aromatic N) is 1. The zero-order valence-electron chi connectivity index (χ0n) is 13.7. The third-order valence-corrected chi connectivity index (χ3v) is 4.43. The Bertz CT molecular complexity index is 576. The lowest BCUT2D eigenvalue weighted by Gasteiger charge is -2.30. The van der Waals surface area contributed by atoms with E-state index in [0.29, 0.717) is 18.2 Å². The summed E-state index contributed by atoms with van der Waals surface area (Å²) in [4.78, 5) is 22.9. The molecule has 0 heterocycles. The van der Waals surface area contributed by atoms with Crippen molar-refractivity contribution in [2.75, 3.05) is 13.7 Å². The first-order valence-electron chi connectivity index (χ1n) is 7.90. The number of hydrogen-bond donors (Lipinski definition) is 2. The third kappa shape index (κ3) is 4.82. The highest BCUT2D eigenvalue weighted by Crippen LogP contribution is 2.28. The van der Waals surface area contributed by atoms with Crippen molar-refractivity contribution in [3.63, 3.8) is 0 Å². The number of nitrogens with one attached hydrogen (secondary N) is 1. The minimum absolute atomic E-state index is 0. The standard InChI is InChI=1S/C16H23N3O4.ClH/c1-23-15-8-7-12(19(21)22)9-13(15)16(20)18-14(10-17)11-5-3-2-4-6-11;/h7-9,11,14H,2-6,10,17H2,1H3,(H,18,20);1H. The lowest BCUT2D eigenvalue weighted by atomic mass is 9.84. The molecule has 0 spiro atoms. The summed E-state index contributed by atoms with van der Waals surface area (Å²) in [5, 5.41) is 13.8. The maximum Gasteiger partial charge on any atom is 0.270 e. The third-order valence-electron chi connectivity index (χ3n) is 4.43. The van der Waals surface area contributed by atoms with Crippen LogP contribution in [0.15, 0.2) is 18.2 Å². The number of benzene rings is 1. The zero-order chi connectivity index (χ0) is 16.8. The van der Waals surface area contributed by atoms with Crippen LogP contribution >= 0.6 is 12.4 Å². The maximum atomic E-state index is 12.5. The first-order chi connectivity index (χ1) is 11.1.